The third-order valence-electron chi connectivity index (χ3n) is 4.22. The van der Waals surface area contributed by atoms with E-state index in [0.717, 1.165) is 17.4 Å². The second-order valence-corrected chi connectivity index (χ2v) is 7.52. The zero-order chi connectivity index (χ0) is 17.3. The van der Waals surface area contributed by atoms with Crippen LogP contribution in [0.2, 0.25) is 0 Å². The van der Waals surface area contributed by atoms with Crippen molar-refractivity contribution in [2.75, 3.05) is 5.33 Å². The first-order chi connectivity index (χ1) is 11.1. The molecular weight excluding hydrogens is 350 g/mol. The van der Waals surface area contributed by atoms with Gasteiger partial charge in [-0.15, -0.1) is 0 Å². The number of carbonyl (C=O) groups excluding carboxylic acids is 1. The Morgan fingerprint density at radius 2 is 1.43 bits per heavy atom. The standard InChI is InChI=1S/C20H38BrNO/c1-4-5-6-7-8-9-10-11-12-13-14-20(15-16-21)22-18(2)17-19(3)23/h17,20,22H,4-16H2,1-3H3/b18-17+/t20-/m0/s1. The Labute approximate surface area is 153 Å². The van der Waals surface area contributed by atoms with E-state index in [4.69, 9.17) is 0 Å². The summed E-state index contributed by atoms with van der Waals surface area (Å²) < 4.78 is 0. The molecule has 0 aliphatic heterocycles. The van der Waals surface area contributed by atoms with Crippen molar-refractivity contribution in [2.45, 2.75) is 104 Å². The van der Waals surface area contributed by atoms with E-state index in [-0.39, 0.29) is 5.78 Å². The first-order valence-corrected chi connectivity index (χ1v) is 10.7. The predicted molar refractivity (Wildman–Crippen MR) is 106 cm³/mol. The largest absolute Gasteiger partial charge is 0.386 e. The van der Waals surface area contributed by atoms with E-state index in [1.807, 2.05) is 6.92 Å². The average Bonchev–Trinajstić information content (AvgIpc) is 2.48. The minimum Gasteiger partial charge on any atom is -0.386 e. The van der Waals surface area contributed by atoms with Gasteiger partial charge in [-0.2, -0.15) is 0 Å². The summed E-state index contributed by atoms with van der Waals surface area (Å²) in [4.78, 5) is 11.1. The number of allylic oxidation sites excluding steroid dienone is 2. The highest BCUT2D eigenvalue weighted by atomic mass is 79.9. The lowest BCUT2D eigenvalue weighted by Crippen LogP contribution is -2.28. The summed E-state index contributed by atoms with van der Waals surface area (Å²) in [5.41, 5.74) is 0.996. The topological polar surface area (TPSA) is 29.1 Å². The molecule has 0 saturated heterocycles. The number of halogens is 1. The Hall–Kier alpha value is -0.310. The molecule has 0 fully saturated rings. The van der Waals surface area contributed by atoms with Gasteiger partial charge in [-0.1, -0.05) is 87.1 Å². The lowest BCUT2D eigenvalue weighted by Gasteiger charge is -2.19. The minimum atomic E-state index is 0.117. The van der Waals surface area contributed by atoms with Gasteiger partial charge in [0, 0.05) is 17.1 Å². The van der Waals surface area contributed by atoms with Crippen molar-refractivity contribution in [3.63, 3.8) is 0 Å². The molecule has 0 aromatic carbocycles. The summed E-state index contributed by atoms with van der Waals surface area (Å²) in [5.74, 6) is 0.117. The molecule has 0 saturated carbocycles. The maximum absolute atomic E-state index is 11.1. The maximum atomic E-state index is 11.1. The molecule has 0 radical (unpaired) electrons. The van der Waals surface area contributed by atoms with Crippen LogP contribution in [0.3, 0.4) is 0 Å². The highest BCUT2D eigenvalue weighted by molar-refractivity contribution is 9.09. The third kappa shape index (κ3) is 16.3. The quantitative estimate of drug-likeness (QED) is 0.185. The van der Waals surface area contributed by atoms with E-state index in [1.54, 1.807) is 13.0 Å². The zero-order valence-electron chi connectivity index (χ0n) is 15.6. The molecule has 0 spiro atoms. The van der Waals surface area contributed by atoms with E-state index in [9.17, 15) is 4.79 Å². The maximum Gasteiger partial charge on any atom is 0.154 e. The van der Waals surface area contributed by atoms with E-state index in [2.05, 4.69) is 28.2 Å². The Kier molecular flexibility index (Phi) is 16.3. The Morgan fingerprint density at radius 1 is 0.913 bits per heavy atom. The fourth-order valence-corrected chi connectivity index (χ4v) is 3.52. The summed E-state index contributed by atoms with van der Waals surface area (Å²) in [7, 11) is 0. The van der Waals surface area contributed by atoms with Crippen molar-refractivity contribution in [1.82, 2.24) is 5.32 Å². The first-order valence-electron chi connectivity index (χ1n) is 9.61. The van der Waals surface area contributed by atoms with E-state index in [0.29, 0.717) is 6.04 Å². The number of rotatable bonds is 16. The lowest BCUT2D eigenvalue weighted by atomic mass is 10.0. The van der Waals surface area contributed by atoms with Gasteiger partial charge >= 0.3 is 0 Å². The predicted octanol–water partition coefficient (Wildman–Crippen LogP) is 6.53. The molecule has 3 heteroatoms. The lowest BCUT2D eigenvalue weighted by molar-refractivity contribution is -0.112. The smallest absolute Gasteiger partial charge is 0.154 e. The summed E-state index contributed by atoms with van der Waals surface area (Å²) in [6.07, 6.45) is 17.8. The van der Waals surface area contributed by atoms with Crippen molar-refractivity contribution in [3.8, 4) is 0 Å². The van der Waals surface area contributed by atoms with Gasteiger partial charge in [0.15, 0.2) is 5.78 Å². The van der Waals surface area contributed by atoms with E-state index >= 15 is 0 Å². The van der Waals surface area contributed by atoms with Gasteiger partial charge in [-0.25, -0.2) is 0 Å². The number of alkyl halides is 1. The summed E-state index contributed by atoms with van der Waals surface area (Å²) in [6, 6.07) is 0.485. The second-order valence-electron chi connectivity index (χ2n) is 6.73. The van der Waals surface area contributed by atoms with Crippen molar-refractivity contribution < 1.29 is 4.79 Å². The van der Waals surface area contributed by atoms with Crippen LogP contribution >= 0.6 is 15.9 Å². The van der Waals surface area contributed by atoms with Gasteiger partial charge in [0.25, 0.3) is 0 Å². The van der Waals surface area contributed by atoms with Crippen LogP contribution in [0.25, 0.3) is 0 Å². The molecule has 0 unspecified atom stereocenters. The second kappa shape index (κ2) is 16.5. The molecule has 136 valence electrons. The number of hydrogen-bond acceptors (Lipinski definition) is 2. The molecule has 0 rings (SSSR count). The van der Waals surface area contributed by atoms with Gasteiger partial charge in [-0.3, -0.25) is 4.79 Å². The summed E-state index contributed by atoms with van der Waals surface area (Å²) >= 11 is 3.53. The van der Waals surface area contributed by atoms with Crippen LogP contribution in [0.5, 0.6) is 0 Å². The minimum absolute atomic E-state index is 0.117. The van der Waals surface area contributed by atoms with Gasteiger partial charge in [-0.05, 0) is 32.8 Å². The van der Waals surface area contributed by atoms with Crippen LogP contribution in [-0.2, 0) is 4.79 Å². The molecule has 0 bridgehead atoms. The number of carbonyl (C=O) groups is 1. The number of unbranched alkanes of at least 4 members (excludes halogenated alkanes) is 9. The average molecular weight is 388 g/mol. The molecule has 0 heterocycles. The van der Waals surface area contributed by atoms with Crippen molar-refractivity contribution in [3.05, 3.63) is 11.8 Å². The Morgan fingerprint density at radius 3 is 1.91 bits per heavy atom. The molecular formula is C20H38BrNO. The van der Waals surface area contributed by atoms with Gasteiger partial charge in [0.1, 0.15) is 0 Å². The van der Waals surface area contributed by atoms with Crippen LogP contribution < -0.4 is 5.32 Å². The highest BCUT2D eigenvalue weighted by Crippen LogP contribution is 2.14. The van der Waals surface area contributed by atoms with Crippen LogP contribution in [0.15, 0.2) is 11.8 Å². The van der Waals surface area contributed by atoms with Gasteiger partial charge in [0.2, 0.25) is 0 Å². The van der Waals surface area contributed by atoms with E-state index < -0.39 is 0 Å². The van der Waals surface area contributed by atoms with Crippen LogP contribution in [0.4, 0.5) is 0 Å². The molecule has 0 aliphatic rings. The molecule has 2 nitrogen and oxygen atoms in total. The summed E-state index contributed by atoms with van der Waals surface area (Å²) in [6.45, 7) is 5.86. The normalized spacial score (nSPS) is 13.1. The molecule has 1 N–H and O–H groups in total. The molecule has 0 amide bonds. The molecule has 23 heavy (non-hydrogen) atoms. The number of nitrogens with one attached hydrogen (secondary N) is 1. The Balaban J connectivity index is 3.66. The Bertz CT molecular complexity index is 315. The monoisotopic (exact) mass is 387 g/mol. The molecule has 0 aromatic heterocycles. The van der Waals surface area contributed by atoms with Crippen molar-refractivity contribution in [2.24, 2.45) is 0 Å². The van der Waals surface area contributed by atoms with Crippen molar-refractivity contribution in [1.29, 1.82) is 0 Å². The fraction of sp³-hybridized carbons (Fsp3) is 0.850. The summed E-state index contributed by atoms with van der Waals surface area (Å²) in [5, 5.41) is 4.50. The fourth-order valence-electron chi connectivity index (χ4n) is 2.97. The third-order valence-corrected chi connectivity index (χ3v) is 4.67. The van der Waals surface area contributed by atoms with Crippen LogP contribution in [0.1, 0.15) is 97.8 Å². The van der Waals surface area contributed by atoms with Crippen molar-refractivity contribution >= 4 is 21.7 Å². The molecule has 0 aliphatic carbocycles. The zero-order valence-corrected chi connectivity index (χ0v) is 17.2. The highest BCUT2D eigenvalue weighted by Gasteiger charge is 2.07. The van der Waals surface area contributed by atoms with Crippen LogP contribution in [-0.4, -0.2) is 17.2 Å². The molecule has 1 atom stereocenters. The number of hydrogen-bond donors (Lipinski definition) is 1. The SMILES string of the molecule is CCCCCCCCCCCC[C@@H](CCBr)N/C(C)=C/C(C)=O. The molecule has 0 aromatic rings. The van der Waals surface area contributed by atoms with Gasteiger partial charge < -0.3 is 5.32 Å². The number of ketones is 1. The van der Waals surface area contributed by atoms with E-state index in [1.165, 1.54) is 70.6 Å². The van der Waals surface area contributed by atoms with Gasteiger partial charge in [0.05, 0.1) is 0 Å². The first kappa shape index (κ1) is 22.7. The van der Waals surface area contributed by atoms with Crippen LogP contribution in [0, 0.1) is 0 Å².